The van der Waals surface area contributed by atoms with E-state index in [0.29, 0.717) is 25.7 Å². The van der Waals surface area contributed by atoms with Gasteiger partial charge in [0, 0.05) is 19.3 Å². The average Bonchev–Trinajstić information content (AvgIpc) is 3.47. The van der Waals surface area contributed by atoms with E-state index in [9.17, 15) is 34.5 Å². The molecule has 0 saturated carbocycles. The Kier molecular flexibility index (Phi) is 49.1. The fraction of sp³-hybridized carbons (Fsp3) is 0.642. The number of unbranched alkanes of at least 4 members (excludes halogenated alkanes) is 16. The molecule has 12 nitrogen and oxygen atoms in total. The molecule has 6 unspecified atom stereocenters. The van der Waals surface area contributed by atoms with Crippen LogP contribution in [0.2, 0.25) is 0 Å². The van der Waals surface area contributed by atoms with Crippen LogP contribution in [0, 0.1) is 0 Å². The summed E-state index contributed by atoms with van der Waals surface area (Å²) in [5, 5.41) is 31.5. The number of carboxylic acid groups (broad SMARTS) is 1. The van der Waals surface area contributed by atoms with E-state index in [1.54, 1.807) is 0 Å². The van der Waals surface area contributed by atoms with E-state index < -0.39 is 67.3 Å². The van der Waals surface area contributed by atoms with E-state index in [1.165, 1.54) is 57.8 Å². The number of hydrogen-bond donors (Lipinski definition) is 3. The Morgan fingerprint density at radius 2 is 0.810 bits per heavy atom. The zero-order valence-electron chi connectivity index (χ0n) is 49.1. The van der Waals surface area contributed by atoms with Crippen molar-refractivity contribution in [1.82, 2.24) is 0 Å². The van der Waals surface area contributed by atoms with Crippen LogP contribution in [0.1, 0.15) is 226 Å². The highest BCUT2D eigenvalue weighted by Gasteiger charge is 2.50. The zero-order valence-corrected chi connectivity index (χ0v) is 49.1. The molecule has 0 spiro atoms. The predicted molar refractivity (Wildman–Crippen MR) is 321 cm³/mol. The quantitative estimate of drug-likeness (QED) is 0.0228. The van der Waals surface area contributed by atoms with Crippen LogP contribution in [-0.2, 0) is 42.9 Å². The number of aliphatic hydroxyl groups is 2. The van der Waals surface area contributed by atoms with Gasteiger partial charge in [0.2, 0.25) is 0 Å². The topological polar surface area (TPSA) is 175 Å². The number of aliphatic hydroxyl groups excluding tert-OH is 2. The van der Waals surface area contributed by atoms with Gasteiger partial charge in [-0.15, -0.1) is 0 Å². The molecule has 79 heavy (non-hydrogen) atoms. The Morgan fingerprint density at radius 3 is 1.25 bits per heavy atom. The molecule has 0 amide bonds. The van der Waals surface area contributed by atoms with Gasteiger partial charge >= 0.3 is 23.9 Å². The van der Waals surface area contributed by atoms with Gasteiger partial charge in [0.15, 0.2) is 24.6 Å². The summed E-state index contributed by atoms with van der Waals surface area (Å²) in [7, 11) is 0. The first kappa shape index (κ1) is 72.1. The monoisotopic (exact) mass is 1100 g/mol. The summed E-state index contributed by atoms with van der Waals surface area (Å²) >= 11 is 0. The van der Waals surface area contributed by atoms with E-state index >= 15 is 0 Å². The van der Waals surface area contributed by atoms with Gasteiger partial charge < -0.3 is 39.0 Å². The Hall–Kier alpha value is -4.88. The number of ether oxygens (including phenoxy) is 5. The molecule has 0 aromatic rings. The minimum absolute atomic E-state index is 0.0263. The maximum atomic E-state index is 13.2. The van der Waals surface area contributed by atoms with Crippen LogP contribution >= 0.6 is 0 Å². The zero-order chi connectivity index (χ0) is 57.5. The maximum absolute atomic E-state index is 13.2. The number of esters is 3. The van der Waals surface area contributed by atoms with Crippen molar-refractivity contribution in [1.29, 1.82) is 0 Å². The van der Waals surface area contributed by atoms with E-state index in [4.69, 9.17) is 23.7 Å². The summed E-state index contributed by atoms with van der Waals surface area (Å²) in [6, 6.07) is 0. The highest BCUT2D eigenvalue weighted by Crippen LogP contribution is 2.26. The molecule has 0 aromatic carbocycles. The fourth-order valence-electron chi connectivity index (χ4n) is 8.43. The molecule has 0 radical (unpaired) electrons. The molecule has 6 atom stereocenters. The number of allylic oxidation sites excluding steroid dienone is 20. The third-order valence-corrected chi connectivity index (χ3v) is 13.0. The Labute approximate surface area is 478 Å². The second kappa shape index (κ2) is 53.7. The van der Waals surface area contributed by atoms with Gasteiger partial charge in [0.25, 0.3) is 0 Å². The number of hydrogen-bond acceptors (Lipinski definition) is 11. The molecule has 12 heteroatoms. The highest BCUT2D eigenvalue weighted by molar-refractivity contribution is 5.74. The summed E-state index contributed by atoms with van der Waals surface area (Å²) in [4.78, 5) is 51.2. The molecule has 0 aliphatic carbocycles. The van der Waals surface area contributed by atoms with Gasteiger partial charge in [0.05, 0.1) is 6.61 Å². The van der Waals surface area contributed by atoms with Crippen LogP contribution in [0.15, 0.2) is 122 Å². The highest BCUT2D eigenvalue weighted by atomic mass is 16.7. The van der Waals surface area contributed by atoms with Crippen LogP contribution in [0.3, 0.4) is 0 Å². The molecule has 1 aliphatic heterocycles. The first-order valence-electron chi connectivity index (χ1n) is 30.5. The summed E-state index contributed by atoms with van der Waals surface area (Å²) in [6.45, 7) is 5.71. The molecule has 3 N–H and O–H groups in total. The first-order valence-corrected chi connectivity index (χ1v) is 30.5. The molecule has 1 saturated heterocycles. The third kappa shape index (κ3) is 43.6. The lowest BCUT2D eigenvalue weighted by Gasteiger charge is -2.40. The average molecular weight is 1100 g/mol. The standard InChI is InChI=1S/C67H106O12/c1-4-7-10-13-16-19-22-25-27-29-30-32-33-36-38-41-44-47-50-53-59(68)75-56-58(77-60(69)54-51-48-45-42-39-35-24-21-18-15-12-9-6-3)57-76-67-65(63(72)62(71)64(79-67)66(73)74)78-61(70)55-52-49-46-43-40-37-34-31-28-26-23-20-17-14-11-8-5-2/h7-8,10-11,16-17,19-20,25-28,30,32,34,36-38,43,46,58,62-65,67,71-72H,4-6,9,12-15,18,21-24,29,31,33,35,39-42,44-45,47-57H2,1-3H3,(H,73,74)/b10-7-,11-8-,19-16-,20-17-,27-25-,28-26-,32-30-,37-34-,38-36-,46-43-. The largest absolute Gasteiger partial charge is 0.479 e. The van der Waals surface area contributed by atoms with Gasteiger partial charge in [-0.25, -0.2) is 4.79 Å². The second-order valence-electron chi connectivity index (χ2n) is 20.2. The van der Waals surface area contributed by atoms with Crippen molar-refractivity contribution in [3.8, 4) is 0 Å². The predicted octanol–water partition coefficient (Wildman–Crippen LogP) is 16.0. The van der Waals surface area contributed by atoms with Crippen molar-refractivity contribution in [2.45, 2.75) is 263 Å². The van der Waals surface area contributed by atoms with Crippen LogP contribution < -0.4 is 0 Å². The molecular formula is C67H106O12. The lowest BCUT2D eigenvalue weighted by molar-refractivity contribution is -0.301. The number of carbonyl (C=O) groups excluding carboxylic acids is 3. The Balaban J connectivity index is 2.74. The van der Waals surface area contributed by atoms with Crippen molar-refractivity contribution in [3.05, 3.63) is 122 Å². The molecule has 0 aromatic heterocycles. The van der Waals surface area contributed by atoms with Gasteiger partial charge in [-0.2, -0.15) is 0 Å². The smallest absolute Gasteiger partial charge is 0.335 e. The Bertz CT molecular complexity index is 1840. The molecule has 0 bridgehead atoms. The van der Waals surface area contributed by atoms with Gasteiger partial charge in [0.1, 0.15) is 18.8 Å². The lowest BCUT2D eigenvalue weighted by atomic mass is 9.98. The molecular weight excluding hydrogens is 997 g/mol. The molecule has 1 aliphatic rings. The summed E-state index contributed by atoms with van der Waals surface area (Å²) in [5.74, 6) is -3.25. The minimum atomic E-state index is -1.93. The lowest BCUT2D eigenvalue weighted by Crippen LogP contribution is -2.61. The summed E-state index contributed by atoms with van der Waals surface area (Å²) in [6.07, 6.45) is 61.7. The maximum Gasteiger partial charge on any atom is 0.335 e. The van der Waals surface area contributed by atoms with Crippen molar-refractivity contribution < 1.29 is 58.2 Å². The van der Waals surface area contributed by atoms with E-state index in [2.05, 4.69) is 130 Å². The summed E-state index contributed by atoms with van der Waals surface area (Å²) in [5.41, 5.74) is 0. The van der Waals surface area contributed by atoms with Crippen molar-refractivity contribution in [2.24, 2.45) is 0 Å². The number of rotatable bonds is 50. The molecule has 1 rings (SSSR count). The van der Waals surface area contributed by atoms with Crippen LogP contribution in [0.25, 0.3) is 0 Å². The van der Waals surface area contributed by atoms with Gasteiger partial charge in [-0.05, 0) is 103 Å². The fourth-order valence-corrected chi connectivity index (χ4v) is 8.43. The first-order chi connectivity index (χ1) is 38.6. The van der Waals surface area contributed by atoms with E-state index in [1.807, 2.05) is 12.2 Å². The summed E-state index contributed by atoms with van der Waals surface area (Å²) < 4.78 is 28.4. The van der Waals surface area contributed by atoms with Crippen LogP contribution in [0.4, 0.5) is 0 Å². The van der Waals surface area contributed by atoms with E-state index in [-0.39, 0.29) is 25.9 Å². The number of aliphatic carboxylic acids is 1. The van der Waals surface area contributed by atoms with Crippen LogP contribution in [-0.4, -0.2) is 89.2 Å². The van der Waals surface area contributed by atoms with Gasteiger partial charge in [-0.1, -0.05) is 226 Å². The minimum Gasteiger partial charge on any atom is -0.479 e. The molecule has 1 heterocycles. The van der Waals surface area contributed by atoms with Crippen molar-refractivity contribution in [3.63, 3.8) is 0 Å². The Morgan fingerprint density at radius 1 is 0.430 bits per heavy atom. The number of carbonyl (C=O) groups is 4. The van der Waals surface area contributed by atoms with Gasteiger partial charge in [-0.3, -0.25) is 14.4 Å². The van der Waals surface area contributed by atoms with E-state index in [0.717, 1.165) is 103 Å². The second-order valence-corrected chi connectivity index (χ2v) is 20.2. The third-order valence-electron chi connectivity index (χ3n) is 13.0. The van der Waals surface area contributed by atoms with Crippen molar-refractivity contribution in [2.75, 3.05) is 13.2 Å². The SMILES string of the molecule is CC/C=C\C/C=C\C/C=C\C/C=C\C/C=C\CCCCCC(=O)OCC(COC1OC(C(=O)O)C(O)C(O)C1OC(=O)CCC/C=C\C/C=C\C/C=C\C/C=C\C/C=C\CC)OC(=O)CCCCCCCCCCCCCCC. The van der Waals surface area contributed by atoms with Crippen LogP contribution in [0.5, 0.6) is 0 Å². The van der Waals surface area contributed by atoms with Crippen molar-refractivity contribution >= 4 is 23.9 Å². The normalized spacial score (nSPS) is 18.7. The molecule has 446 valence electrons. The number of carboxylic acids is 1. The molecule has 1 fully saturated rings.